The summed E-state index contributed by atoms with van der Waals surface area (Å²) in [6, 6.07) is 15.9. The van der Waals surface area contributed by atoms with Crippen molar-refractivity contribution >= 4 is 5.91 Å². The van der Waals surface area contributed by atoms with Crippen molar-refractivity contribution in [3.63, 3.8) is 0 Å². The van der Waals surface area contributed by atoms with Crippen molar-refractivity contribution < 1.29 is 14.6 Å². The van der Waals surface area contributed by atoms with Crippen LogP contribution in [0.3, 0.4) is 0 Å². The molecule has 3 rings (SSSR count). The smallest absolute Gasteiger partial charge is 0.253 e. The van der Waals surface area contributed by atoms with Gasteiger partial charge in [-0.2, -0.15) is 0 Å². The Morgan fingerprint density at radius 1 is 1.07 bits per heavy atom. The quantitative estimate of drug-likeness (QED) is 0.723. The Balaban J connectivity index is 1.42. The maximum atomic E-state index is 12.8. The van der Waals surface area contributed by atoms with Crippen LogP contribution < -0.4 is 4.74 Å². The van der Waals surface area contributed by atoms with Gasteiger partial charge in [0.15, 0.2) is 0 Å². The van der Waals surface area contributed by atoms with Gasteiger partial charge in [0.25, 0.3) is 5.91 Å². The molecule has 1 fully saturated rings. The molecule has 5 nitrogen and oxygen atoms in total. The third-order valence-electron chi connectivity index (χ3n) is 5.70. The number of hydrogen-bond acceptors (Lipinski definition) is 4. The predicted octanol–water partition coefficient (Wildman–Crippen LogP) is 3.57. The highest BCUT2D eigenvalue weighted by molar-refractivity contribution is 5.94. The number of carbonyl (C=O) groups is 1. The molecule has 1 N–H and O–H groups in total. The van der Waals surface area contributed by atoms with Crippen molar-refractivity contribution in [1.29, 1.82) is 0 Å². The Labute approximate surface area is 180 Å². The fourth-order valence-corrected chi connectivity index (χ4v) is 3.73. The number of rotatable bonds is 8. The number of ether oxygens (including phenoxy) is 1. The third-order valence-corrected chi connectivity index (χ3v) is 5.70. The van der Waals surface area contributed by atoms with Gasteiger partial charge >= 0.3 is 0 Å². The van der Waals surface area contributed by atoms with Gasteiger partial charge in [0.2, 0.25) is 0 Å². The third kappa shape index (κ3) is 6.07. The summed E-state index contributed by atoms with van der Waals surface area (Å²) in [6.07, 6.45) is 0.408. The summed E-state index contributed by atoms with van der Waals surface area (Å²) >= 11 is 0. The zero-order chi connectivity index (χ0) is 21.5. The summed E-state index contributed by atoms with van der Waals surface area (Å²) in [5.41, 5.74) is 3.21. The molecule has 1 aliphatic heterocycles. The Morgan fingerprint density at radius 3 is 2.40 bits per heavy atom. The summed E-state index contributed by atoms with van der Waals surface area (Å²) < 4.78 is 5.75. The number of carbonyl (C=O) groups excluding carboxylic acids is 1. The molecule has 2 aromatic carbocycles. The molecule has 162 valence electrons. The normalized spacial score (nSPS) is 16.0. The lowest BCUT2D eigenvalue weighted by Gasteiger charge is -2.35. The summed E-state index contributed by atoms with van der Waals surface area (Å²) in [7, 11) is 0. The predicted molar refractivity (Wildman–Crippen MR) is 120 cm³/mol. The molecule has 1 atom stereocenters. The highest BCUT2D eigenvalue weighted by Gasteiger charge is 2.23. The molecule has 0 aromatic heterocycles. The number of nitrogens with zero attached hydrogens (tertiary/aromatic N) is 2. The summed E-state index contributed by atoms with van der Waals surface area (Å²) in [5, 5.41) is 10.4. The second-order valence-electron chi connectivity index (χ2n) is 8.34. The van der Waals surface area contributed by atoms with Gasteiger partial charge in [-0.3, -0.25) is 9.69 Å². The van der Waals surface area contributed by atoms with Crippen molar-refractivity contribution in [2.45, 2.75) is 39.2 Å². The Bertz CT molecular complexity index is 811. The minimum absolute atomic E-state index is 0.0876. The van der Waals surface area contributed by atoms with Crippen LogP contribution in [0.1, 0.15) is 48.2 Å². The second kappa shape index (κ2) is 10.6. The van der Waals surface area contributed by atoms with Crippen LogP contribution in [0.15, 0.2) is 48.5 Å². The molecule has 1 unspecified atom stereocenters. The topological polar surface area (TPSA) is 53.0 Å². The van der Waals surface area contributed by atoms with Gasteiger partial charge in [-0.15, -0.1) is 0 Å². The molecule has 1 heterocycles. The first-order valence-electron chi connectivity index (χ1n) is 11.0. The molecule has 1 saturated heterocycles. The highest BCUT2D eigenvalue weighted by atomic mass is 16.5. The summed E-state index contributed by atoms with van der Waals surface area (Å²) in [4.78, 5) is 16.9. The van der Waals surface area contributed by atoms with Crippen LogP contribution in [0.2, 0.25) is 0 Å². The molecule has 0 radical (unpaired) electrons. The fourth-order valence-electron chi connectivity index (χ4n) is 3.73. The Hall–Kier alpha value is -2.37. The molecule has 1 aliphatic rings. The lowest BCUT2D eigenvalue weighted by atomic mass is 10.0. The molecule has 0 aliphatic carbocycles. The van der Waals surface area contributed by atoms with E-state index in [-0.39, 0.29) is 12.5 Å². The zero-order valence-corrected chi connectivity index (χ0v) is 18.4. The van der Waals surface area contributed by atoms with E-state index < -0.39 is 6.10 Å². The molecule has 0 saturated carbocycles. The van der Waals surface area contributed by atoms with Gasteiger partial charge in [0.1, 0.15) is 18.5 Å². The van der Waals surface area contributed by atoms with Crippen LogP contribution in [0.25, 0.3) is 0 Å². The van der Waals surface area contributed by atoms with E-state index in [4.69, 9.17) is 4.74 Å². The van der Waals surface area contributed by atoms with Gasteiger partial charge in [0, 0.05) is 38.3 Å². The molecule has 0 bridgehead atoms. The molecule has 2 aromatic rings. The van der Waals surface area contributed by atoms with Crippen LogP contribution in [0.5, 0.6) is 5.75 Å². The minimum Gasteiger partial charge on any atom is -0.491 e. The van der Waals surface area contributed by atoms with Gasteiger partial charge in [0.05, 0.1) is 0 Å². The number of amides is 1. The van der Waals surface area contributed by atoms with E-state index >= 15 is 0 Å². The van der Waals surface area contributed by atoms with Crippen molar-refractivity contribution in [1.82, 2.24) is 9.80 Å². The van der Waals surface area contributed by atoms with Gasteiger partial charge in [-0.1, -0.05) is 45.0 Å². The van der Waals surface area contributed by atoms with Crippen molar-refractivity contribution in [2.75, 3.05) is 39.3 Å². The number of aryl methyl sites for hydroxylation is 1. The van der Waals surface area contributed by atoms with Crippen molar-refractivity contribution in [3.8, 4) is 5.75 Å². The Kier molecular flexibility index (Phi) is 7.88. The number of aliphatic hydroxyl groups is 1. The van der Waals surface area contributed by atoms with Crippen LogP contribution >= 0.6 is 0 Å². The standard InChI is InChI=1S/C25H34N2O3/c1-4-20-6-5-7-24(16-20)30-18-23(28)17-26-12-14-27(15-13-26)25(29)22-10-8-21(9-11-22)19(2)3/h5-11,16,19,23,28H,4,12-15,17-18H2,1-3H3. The number of β-amino-alcohol motifs (C(OH)–C–C–N with tert-alkyl or cyclic N) is 1. The molecule has 5 heteroatoms. The van der Waals surface area contributed by atoms with E-state index in [1.165, 1.54) is 11.1 Å². The monoisotopic (exact) mass is 410 g/mol. The lowest BCUT2D eigenvalue weighted by Crippen LogP contribution is -2.50. The van der Waals surface area contributed by atoms with Gasteiger partial charge in [-0.25, -0.2) is 0 Å². The minimum atomic E-state index is -0.555. The number of aliphatic hydroxyl groups excluding tert-OH is 1. The average molecular weight is 411 g/mol. The number of benzene rings is 2. The first kappa shape index (κ1) is 22.3. The van der Waals surface area contributed by atoms with Crippen molar-refractivity contribution in [3.05, 3.63) is 65.2 Å². The average Bonchev–Trinajstić information content (AvgIpc) is 2.78. The molecular formula is C25H34N2O3. The largest absolute Gasteiger partial charge is 0.491 e. The lowest BCUT2D eigenvalue weighted by molar-refractivity contribution is 0.0403. The van der Waals surface area contributed by atoms with Crippen LogP contribution in [-0.4, -0.2) is 66.2 Å². The zero-order valence-electron chi connectivity index (χ0n) is 18.4. The number of hydrogen-bond donors (Lipinski definition) is 1. The second-order valence-corrected chi connectivity index (χ2v) is 8.34. The molecule has 1 amide bonds. The van der Waals surface area contributed by atoms with Crippen molar-refractivity contribution in [2.24, 2.45) is 0 Å². The van der Waals surface area contributed by atoms with E-state index in [2.05, 4.69) is 31.7 Å². The van der Waals surface area contributed by atoms with Gasteiger partial charge in [-0.05, 0) is 47.7 Å². The van der Waals surface area contributed by atoms with E-state index in [0.717, 1.165) is 30.8 Å². The van der Waals surface area contributed by atoms with Crippen LogP contribution in [0.4, 0.5) is 0 Å². The molecular weight excluding hydrogens is 376 g/mol. The molecule has 0 spiro atoms. The summed E-state index contributed by atoms with van der Waals surface area (Å²) in [5.74, 6) is 1.35. The fraction of sp³-hybridized carbons (Fsp3) is 0.480. The maximum absolute atomic E-state index is 12.8. The first-order chi connectivity index (χ1) is 14.5. The van der Waals surface area contributed by atoms with Gasteiger partial charge < -0.3 is 14.7 Å². The number of piperazine rings is 1. The van der Waals surface area contributed by atoms with Crippen LogP contribution in [0, 0.1) is 0 Å². The maximum Gasteiger partial charge on any atom is 0.253 e. The Morgan fingerprint density at radius 2 is 1.77 bits per heavy atom. The van der Waals surface area contributed by atoms with E-state index in [1.54, 1.807) is 0 Å². The van der Waals surface area contributed by atoms with E-state index in [9.17, 15) is 9.90 Å². The SMILES string of the molecule is CCc1cccc(OCC(O)CN2CCN(C(=O)c3ccc(C(C)C)cc3)CC2)c1. The summed E-state index contributed by atoms with van der Waals surface area (Å²) in [6.45, 7) is 10.1. The molecule has 30 heavy (non-hydrogen) atoms. The first-order valence-corrected chi connectivity index (χ1v) is 11.0. The van der Waals surface area contributed by atoms with Crippen LogP contribution in [-0.2, 0) is 6.42 Å². The van der Waals surface area contributed by atoms with E-state index in [1.807, 2.05) is 47.4 Å². The highest BCUT2D eigenvalue weighted by Crippen LogP contribution is 2.17. The van der Waals surface area contributed by atoms with E-state index in [0.29, 0.717) is 25.6 Å².